The van der Waals surface area contributed by atoms with Gasteiger partial charge in [-0.15, -0.1) is 0 Å². The molecule has 1 saturated heterocycles. The Morgan fingerprint density at radius 2 is 1.88 bits per heavy atom. The largest absolute Gasteiger partial charge is 0.392 e. The monoisotopic (exact) mass is 271 g/mol. The summed E-state index contributed by atoms with van der Waals surface area (Å²) in [5.41, 5.74) is 0. The van der Waals surface area contributed by atoms with E-state index in [1.165, 1.54) is 6.92 Å². The molecule has 0 aromatic heterocycles. The zero-order valence-electron chi connectivity index (χ0n) is 9.09. The van der Waals surface area contributed by atoms with Gasteiger partial charge in [0, 0.05) is 6.54 Å². The lowest BCUT2D eigenvalue weighted by Crippen LogP contribution is -2.41. The molecule has 0 aromatic rings. The molecule has 0 radical (unpaired) electrons. The first-order valence-corrected chi connectivity index (χ1v) is 8.47. The van der Waals surface area contributed by atoms with E-state index in [-0.39, 0.29) is 30.9 Å². The quantitative estimate of drug-likeness (QED) is 0.673. The molecule has 96 valence electrons. The molecule has 2 N–H and O–H groups in total. The minimum Gasteiger partial charge on any atom is -0.392 e. The second kappa shape index (κ2) is 4.99. The van der Waals surface area contributed by atoms with Crippen molar-refractivity contribution in [2.75, 3.05) is 18.1 Å². The average molecular weight is 271 g/mol. The number of aliphatic hydroxyl groups excluding tert-OH is 1. The van der Waals surface area contributed by atoms with Crippen LogP contribution in [0.25, 0.3) is 0 Å². The Labute approximate surface area is 96.0 Å². The van der Waals surface area contributed by atoms with Gasteiger partial charge >= 0.3 is 0 Å². The molecule has 1 aliphatic rings. The third kappa shape index (κ3) is 4.00. The summed E-state index contributed by atoms with van der Waals surface area (Å²) in [6, 6.07) is 0. The van der Waals surface area contributed by atoms with E-state index < -0.39 is 31.2 Å². The zero-order valence-corrected chi connectivity index (χ0v) is 10.7. The van der Waals surface area contributed by atoms with E-state index in [1.807, 2.05) is 0 Å². The van der Waals surface area contributed by atoms with E-state index in [2.05, 4.69) is 4.72 Å². The van der Waals surface area contributed by atoms with Gasteiger partial charge in [-0.05, 0) is 19.8 Å². The molecule has 8 heteroatoms. The summed E-state index contributed by atoms with van der Waals surface area (Å²) in [5, 5.41) is 8.32. The second-order valence-corrected chi connectivity index (χ2v) is 8.44. The Morgan fingerprint density at radius 1 is 1.38 bits per heavy atom. The Hall–Kier alpha value is -0.180. The molecule has 1 fully saturated rings. The number of sulfone groups is 1. The molecule has 1 atom stereocenters. The SMILES string of the molecule is C[C@H](O)CNS(=O)(=O)C1CCS(=O)(=O)CC1. The van der Waals surface area contributed by atoms with Crippen LogP contribution in [0.5, 0.6) is 0 Å². The molecule has 1 rings (SSSR count). The fraction of sp³-hybridized carbons (Fsp3) is 1.00. The topological polar surface area (TPSA) is 101 Å². The molecular formula is C8H17NO5S2. The van der Waals surface area contributed by atoms with Gasteiger partial charge < -0.3 is 5.11 Å². The highest BCUT2D eigenvalue weighted by Gasteiger charge is 2.32. The predicted octanol–water partition coefficient (Wildman–Crippen LogP) is -1.14. The fourth-order valence-electron chi connectivity index (χ4n) is 1.53. The van der Waals surface area contributed by atoms with Crippen LogP contribution in [0.2, 0.25) is 0 Å². The molecule has 6 nitrogen and oxygen atoms in total. The van der Waals surface area contributed by atoms with E-state index in [9.17, 15) is 16.8 Å². The average Bonchev–Trinajstić information content (AvgIpc) is 2.14. The lowest BCUT2D eigenvalue weighted by molar-refractivity contribution is 0.198. The van der Waals surface area contributed by atoms with Gasteiger partial charge in [-0.1, -0.05) is 0 Å². The molecule has 16 heavy (non-hydrogen) atoms. The standard InChI is InChI=1S/C8H17NO5S2/c1-7(10)6-9-16(13,14)8-2-4-15(11,12)5-3-8/h7-10H,2-6H2,1H3/t7-/m0/s1. The lowest BCUT2D eigenvalue weighted by atomic mass is 10.2. The van der Waals surface area contributed by atoms with E-state index in [0.29, 0.717) is 0 Å². The van der Waals surface area contributed by atoms with Gasteiger partial charge in [0.25, 0.3) is 0 Å². The summed E-state index contributed by atoms with van der Waals surface area (Å²) >= 11 is 0. The second-order valence-electron chi connectivity index (χ2n) is 4.09. The van der Waals surface area contributed by atoms with E-state index in [1.54, 1.807) is 0 Å². The lowest BCUT2D eigenvalue weighted by Gasteiger charge is -2.22. The van der Waals surface area contributed by atoms with Crippen molar-refractivity contribution in [1.82, 2.24) is 4.72 Å². The number of sulfonamides is 1. The smallest absolute Gasteiger partial charge is 0.214 e. The maximum atomic E-state index is 11.7. The van der Waals surface area contributed by atoms with Crippen LogP contribution in [0.1, 0.15) is 19.8 Å². The van der Waals surface area contributed by atoms with Gasteiger partial charge in [-0.25, -0.2) is 21.6 Å². The van der Waals surface area contributed by atoms with Crippen LogP contribution in [0.15, 0.2) is 0 Å². The van der Waals surface area contributed by atoms with Crippen molar-refractivity contribution < 1.29 is 21.9 Å². The summed E-state index contributed by atoms with van der Waals surface area (Å²) in [4.78, 5) is 0. The van der Waals surface area contributed by atoms with E-state index >= 15 is 0 Å². The first-order chi connectivity index (χ1) is 7.23. The van der Waals surface area contributed by atoms with Crippen LogP contribution in [0.3, 0.4) is 0 Å². The van der Waals surface area contributed by atoms with Crippen molar-refractivity contribution in [1.29, 1.82) is 0 Å². The van der Waals surface area contributed by atoms with Crippen molar-refractivity contribution in [3.63, 3.8) is 0 Å². The highest BCUT2D eigenvalue weighted by molar-refractivity contribution is 7.92. The highest BCUT2D eigenvalue weighted by atomic mass is 32.2. The number of rotatable bonds is 4. The first kappa shape index (κ1) is 13.9. The Morgan fingerprint density at radius 3 is 2.31 bits per heavy atom. The third-order valence-electron chi connectivity index (χ3n) is 2.52. The van der Waals surface area contributed by atoms with Gasteiger partial charge in [0.2, 0.25) is 10.0 Å². The van der Waals surface area contributed by atoms with Gasteiger partial charge in [0.15, 0.2) is 0 Å². The van der Waals surface area contributed by atoms with Crippen molar-refractivity contribution >= 4 is 19.9 Å². The molecule has 0 aromatic carbocycles. The van der Waals surface area contributed by atoms with Gasteiger partial charge in [-0.2, -0.15) is 0 Å². The van der Waals surface area contributed by atoms with Crippen LogP contribution in [-0.4, -0.2) is 51.3 Å². The first-order valence-electron chi connectivity index (χ1n) is 5.10. The molecule has 0 aliphatic carbocycles. The molecule has 0 spiro atoms. The zero-order chi connectivity index (χ0) is 12.4. The van der Waals surface area contributed by atoms with Crippen LogP contribution < -0.4 is 4.72 Å². The van der Waals surface area contributed by atoms with Crippen molar-refractivity contribution in [2.24, 2.45) is 0 Å². The molecule has 0 saturated carbocycles. The van der Waals surface area contributed by atoms with Gasteiger partial charge in [0.05, 0.1) is 22.9 Å². The number of hydrogen-bond acceptors (Lipinski definition) is 5. The van der Waals surface area contributed by atoms with Crippen LogP contribution >= 0.6 is 0 Å². The Kier molecular flexibility index (Phi) is 4.33. The predicted molar refractivity (Wildman–Crippen MR) is 60.3 cm³/mol. The van der Waals surface area contributed by atoms with Gasteiger partial charge in [0.1, 0.15) is 9.84 Å². The normalized spacial score (nSPS) is 24.1. The highest BCUT2D eigenvalue weighted by Crippen LogP contribution is 2.18. The molecule has 0 bridgehead atoms. The van der Waals surface area contributed by atoms with Crippen molar-refractivity contribution in [2.45, 2.75) is 31.1 Å². The summed E-state index contributed by atoms with van der Waals surface area (Å²) in [6.45, 7) is 1.44. The van der Waals surface area contributed by atoms with Gasteiger partial charge in [-0.3, -0.25) is 0 Å². The summed E-state index contributed by atoms with van der Waals surface area (Å²) in [5.74, 6) is -0.152. The third-order valence-corrected chi connectivity index (χ3v) is 6.15. The molecule has 0 amide bonds. The van der Waals surface area contributed by atoms with Crippen LogP contribution in [0.4, 0.5) is 0 Å². The van der Waals surface area contributed by atoms with Crippen molar-refractivity contribution in [3.05, 3.63) is 0 Å². The summed E-state index contributed by atoms with van der Waals surface area (Å²) in [6.07, 6.45) is -0.475. The maximum absolute atomic E-state index is 11.7. The molecule has 0 unspecified atom stereocenters. The van der Waals surface area contributed by atoms with Crippen LogP contribution in [-0.2, 0) is 19.9 Å². The Balaban J connectivity index is 2.58. The van der Waals surface area contributed by atoms with E-state index in [4.69, 9.17) is 5.11 Å². The molecular weight excluding hydrogens is 254 g/mol. The maximum Gasteiger partial charge on any atom is 0.214 e. The summed E-state index contributed by atoms with van der Waals surface area (Å²) in [7, 11) is -6.55. The fourth-order valence-corrected chi connectivity index (χ4v) is 4.89. The minimum atomic E-state index is -3.50. The number of nitrogens with one attached hydrogen (secondary N) is 1. The molecule has 1 heterocycles. The Bertz CT molecular complexity index is 411. The van der Waals surface area contributed by atoms with Crippen molar-refractivity contribution in [3.8, 4) is 0 Å². The van der Waals surface area contributed by atoms with Crippen LogP contribution in [0, 0.1) is 0 Å². The molecule has 1 aliphatic heterocycles. The summed E-state index contributed by atoms with van der Waals surface area (Å²) < 4.78 is 47.9. The minimum absolute atomic E-state index is 0.0361. The van der Waals surface area contributed by atoms with E-state index in [0.717, 1.165) is 0 Å². The number of aliphatic hydroxyl groups is 1. The number of hydrogen-bond donors (Lipinski definition) is 2.